The molecule has 84 valence electrons. The van der Waals surface area contributed by atoms with Crippen LogP contribution >= 0.6 is 23.5 Å². The van der Waals surface area contributed by atoms with E-state index in [1.54, 1.807) is 30.4 Å². The third-order valence-corrected chi connectivity index (χ3v) is 4.77. The highest BCUT2D eigenvalue weighted by Gasteiger charge is 2.27. The SMILES string of the molecule is CCOC(=O)/C(C(C)=O)=C1/SC[C@@H](C)S1. The predicted molar refractivity (Wildman–Crippen MR) is 63.9 cm³/mol. The van der Waals surface area contributed by atoms with Gasteiger partial charge in [-0.3, -0.25) is 4.79 Å². The van der Waals surface area contributed by atoms with E-state index in [4.69, 9.17) is 4.74 Å². The smallest absolute Gasteiger partial charge is 0.343 e. The van der Waals surface area contributed by atoms with Crippen LogP contribution in [0.2, 0.25) is 0 Å². The van der Waals surface area contributed by atoms with Crippen LogP contribution in [-0.2, 0) is 14.3 Å². The van der Waals surface area contributed by atoms with Gasteiger partial charge in [-0.25, -0.2) is 4.79 Å². The third kappa shape index (κ3) is 3.28. The summed E-state index contributed by atoms with van der Waals surface area (Å²) in [6.45, 7) is 5.52. The Morgan fingerprint density at radius 2 is 2.20 bits per heavy atom. The van der Waals surface area contributed by atoms with E-state index in [9.17, 15) is 9.59 Å². The summed E-state index contributed by atoms with van der Waals surface area (Å²) >= 11 is 3.14. The highest BCUT2D eigenvalue weighted by molar-refractivity contribution is 8.25. The Labute approximate surface area is 98.0 Å². The van der Waals surface area contributed by atoms with E-state index in [-0.39, 0.29) is 11.4 Å². The summed E-state index contributed by atoms with van der Waals surface area (Å²) in [7, 11) is 0. The molecule has 0 aromatic heterocycles. The zero-order valence-electron chi connectivity index (χ0n) is 9.03. The Balaban J connectivity index is 2.91. The summed E-state index contributed by atoms with van der Waals surface area (Å²) in [6, 6.07) is 0. The van der Waals surface area contributed by atoms with Crippen molar-refractivity contribution >= 4 is 35.3 Å². The first-order valence-electron chi connectivity index (χ1n) is 4.78. The van der Waals surface area contributed by atoms with Crippen LogP contribution in [0.3, 0.4) is 0 Å². The highest BCUT2D eigenvalue weighted by atomic mass is 32.2. The van der Waals surface area contributed by atoms with Crippen molar-refractivity contribution < 1.29 is 14.3 Å². The van der Waals surface area contributed by atoms with Gasteiger partial charge < -0.3 is 4.74 Å². The van der Waals surface area contributed by atoms with Crippen LogP contribution in [0.1, 0.15) is 20.8 Å². The zero-order chi connectivity index (χ0) is 11.4. The first-order valence-corrected chi connectivity index (χ1v) is 6.64. The van der Waals surface area contributed by atoms with Gasteiger partial charge in [0.25, 0.3) is 0 Å². The summed E-state index contributed by atoms with van der Waals surface area (Å²) in [5.74, 6) is 0.238. The van der Waals surface area contributed by atoms with E-state index >= 15 is 0 Å². The fourth-order valence-electron chi connectivity index (χ4n) is 1.15. The Morgan fingerprint density at radius 3 is 2.60 bits per heavy atom. The van der Waals surface area contributed by atoms with Gasteiger partial charge in [-0.2, -0.15) is 0 Å². The number of rotatable bonds is 3. The number of ether oxygens (including phenoxy) is 1. The molecule has 0 radical (unpaired) electrons. The Morgan fingerprint density at radius 1 is 1.53 bits per heavy atom. The molecule has 3 nitrogen and oxygen atoms in total. The number of Topliss-reactive ketones (excluding diaryl/α,β-unsaturated/α-hetero) is 1. The fraction of sp³-hybridized carbons (Fsp3) is 0.600. The monoisotopic (exact) mass is 246 g/mol. The first-order chi connectivity index (χ1) is 7.06. The summed E-state index contributed by atoms with van der Waals surface area (Å²) < 4.78 is 5.68. The largest absolute Gasteiger partial charge is 0.462 e. The van der Waals surface area contributed by atoms with E-state index in [1.165, 1.54) is 6.92 Å². The molecule has 5 heteroatoms. The van der Waals surface area contributed by atoms with Gasteiger partial charge >= 0.3 is 5.97 Å². The van der Waals surface area contributed by atoms with Gasteiger partial charge in [0.05, 0.1) is 10.8 Å². The maximum absolute atomic E-state index is 11.6. The molecule has 0 aromatic rings. The van der Waals surface area contributed by atoms with Crippen molar-refractivity contribution in [1.29, 1.82) is 0 Å². The molecule has 15 heavy (non-hydrogen) atoms. The lowest BCUT2D eigenvalue weighted by Gasteiger charge is -2.06. The van der Waals surface area contributed by atoms with Crippen molar-refractivity contribution in [2.45, 2.75) is 26.0 Å². The Hall–Kier alpha value is -0.420. The molecule has 0 spiro atoms. The van der Waals surface area contributed by atoms with Gasteiger partial charge in [0, 0.05) is 11.0 Å². The van der Waals surface area contributed by atoms with Crippen LogP contribution in [0.4, 0.5) is 0 Å². The highest BCUT2D eigenvalue weighted by Crippen LogP contribution is 2.43. The number of ketones is 1. The molecule has 0 bridgehead atoms. The van der Waals surface area contributed by atoms with Crippen LogP contribution < -0.4 is 0 Å². The molecule has 1 atom stereocenters. The molecular formula is C10H14O3S2. The normalized spacial score (nSPS) is 23.8. The number of esters is 1. The summed E-state index contributed by atoms with van der Waals surface area (Å²) in [6.07, 6.45) is 0. The lowest BCUT2D eigenvalue weighted by Crippen LogP contribution is -2.14. The molecule has 1 heterocycles. The van der Waals surface area contributed by atoms with E-state index < -0.39 is 5.97 Å². The molecule has 1 saturated heterocycles. The second kappa shape index (κ2) is 5.61. The first kappa shape index (κ1) is 12.6. The number of carbonyl (C=O) groups excluding carboxylic acids is 2. The number of carbonyl (C=O) groups is 2. The van der Waals surface area contributed by atoms with E-state index in [2.05, 4.69) is 6.92 Å². The van der Waals surface area contributed by atoms with Crippen molar-refractivity contribution in [2.75, 3.05) is 12.4 Å². The Bertz CT molecular complexity index is 310. The predicted octanol–water partition coefficient (Wildman–Crippen LogP) is 2.22. The zero-order valence-corrected chi connectivity index (χ0v) is 10.7. The molecule has 0 unspecified atom stereocenters. The number of hydrogen-bond donors (Lipinski definition) is 0. The van der Waals surface area contributed by atoms with Crippen LogP contribution in [0.5, 0.6) is 0 Å². The van der Waals surface area contributed by atoms with Crippen LogP contribution in [0.15, 0.2) is 9.81 Å². The van der Waals surface area contributed by atoms with Gasteiger partial charge in [0.2, 0.25) is 0 Å². The van der Waals surface area contributed by atoms with E-state index in [0.29, 0.717) is 11.9 Å². The summed E-state index contributed by atoms with van der Waals surface area (Å²) in [5.41, 5.74) is 0.219. The van der Waals surface area contributed by atoms with Gasteiger partial charge in [-0.1, -0.05) is 6.92 Å². The number of thioether (sulfide) groups is 2. The number of hydrogen-bond acceptors (Lipinski definition) is 5. The van der Waals surface area contributed by atoms with Gasteiger partial charge in [0.1, 0.15) is 5.57 Å². The maximum atomic E-state index is 11.6. The van der Waals surface area contributed by atoms with Crippen molar-refractivity contribution in [3.8, 4) is 0 Å². The molecule has 0 amide bonds. The summed E-state index contributed by atoms with van der Waals surface area (Å²) in [5, 5.41) is 0.453. The minimum absolute atomic E-state index is 0.211. The maximum Gasteiger partial charge on any atom is 0.343 e. The van der Waals surface area contributed by atoms with Crippen LogP contribution in [-0.4, -0.2) is 29.4 Å². The standard InChI is InChI=1S/C10H14O3S2/c1-4-13-9(12)8(7(3)11)10-14-5-6(2)15-10/h6H,4-5H2,1-3H3/b10-8-/t6-/m1/s1. The quantitative estimate of drug-likeness (QED) is 0.330. The molecule has 0 aliphatic carbocycles. The molecular weight excluding hydrogens is 232 g/mol. The van der Waals surface area contributed by atoms with Gasteiger partial charge in [-0.05, 0) is 13.8 Å². The summed E-state index contributed by atoms with van der Waals surface area (Å²) in [4.78, 5) is 22.9. The lowest BCUT2D eigenvalue weighted by atomic mass is 10.2. The van der Waals surface area contributed by atoms with Gasteiger partial charge in [-0.15, -0.1) is 23.5 Å². The van der Waals surface area contributed by atoms with Crippen molar-refractivity contribution in [3.63, 3.8) is 0 Å². The Kier molecular flexibility index (Phi) is 4.73. The minimum Gasteiger partial charge on any atom is -0.462 e. The van der Waals surface area contributed by atoms with Crippen molar-refractivity contribution in [2.24, 2.45) is 0 Å². The third-order valence-electron chi connectivity index (χ3n) is 1.79. The van der Waals surface area contributed by atoms with E-state index in [1.807, 2.05) is 0 Å². The topological polar surface area (TPSA) is 43.4 Å². The molecule has 0 saturated carbocycles. The molecule has 0 N–H and O–H groups in total. The second-order valence-electron chi connectivity index (χ2n) is 3.18. The average molecular weight is 246 g/mol. The fourth-order valence-corrected chi connectivity index (χ4v) is 4.06. The minimum atomic E-state index is -0.492. The molecule has 0 aromatic carbocycles. The van der Waals surface area contributed by atoms with Crippen LogP contribution in [0.25, 0.3) is 0 Å². The molecule has 1 aliphatic heterocycles. The molecule has 1 aliphatic rings. The van der Waals surface area contributed by atoms with Crippen molar-refractivity contribution in [1.82, 2.24) is 0 Å². The second-order valence-corrected chi connectivity index (χ2v) is 5.92. The molecule has 1 fully saturated rings. The van der Waals surface area contributed by atoms with Crippen molar-refractivity contribution in [3.05, 3.63) is 9.81 Å². The lowest BCUT2D eigenvalue weighted by molar-refractivity contribution is -0.139. The van der Waals surface area contributed by atoms with E-state index in [0.717, 1.165) is 9.99 Å². The van der Waals surface area contributed by atoms with Crippen LogP contribution in [0, 0.1) is 0 Å². The van der Waals surface area contributed by atoms with Gasteiger partial charge in [0.15, 0.2) is 5.78 Å². The molecule has 1 rings (SSSR count). The average Bonchev–Trinajstić information content (AvgIpc) is 2.51.